The second-order valence-electron chi connectivity index (χ2n) is 3.57. The number of aryl methyl sites for hydroxylation is 1. The monoisotopic (exact) mass is 297 g/mol. The van der Waals surface area contributed by atoms with Crippen molar-refractivity contribution in [3.05, 3.63) is 39.5 Å². The normalized spacial score (nSPS) is 10.7. The number of hydrogen-bond acceptors (Lipinski definition) is 4. The molecule has 2 aromatic rings. The minimum atomic E-state index is -0.119. The molecule has 2 heterocycles. The van der Waals surface area contributed by atoms with Crippen LogP contribution in [0.3, 0.4) is 0 Å². The number of halogens is 1. The smallest absolute Gasteiger partial charge is 0.268 e. The zero-order valence-corrected chi connectivity index (χ0v) is 11.0. The van der Waals surface area contributed by atoms with Gasteiger partial charge in [0.05, 0.1) is 12.9 Å². The van der Waals surface area contributed by atoms with Gasteiger partial charge in [-0.3, -0.25) is 9.36 Å². The molecule has 0 aromatic carbocycles. The molecule has 0 aliphatic carbocycles. The van der Waals surface area contributed by atoms with Gasteiger partial charge in [-0.2, -0.15) is 5.10 Å². The summed E-state index contributed by atoms with van der Waals surface area (Å²) in [5, 5.41) is 4.11. The Morgan fingerprint density at radius 1 is 1.47 bits per heavy atom. The van der Waals surface area contributed by atoms with Gasteiger partial charge in [0, 0.05) is 12.7 Å². The lowest BCUT2D eigenvalue weighted by molar-refractivity contribution is 0.548. The molecule has 90 valence electrons. The summed E-state index contributed by atoms with van der Waals surface area (Å²) in [7, 11) is 0. The topological polar surface area (TPSA) is 65.6 Å². The number of rotatable bonds is 4. The van der Waals surface area contributed by atoms with E-state index in [-0.39, 0.29) is 5.56 Å². The van der Waals surface area contributed by atoms with Crippen LogP contribution in [0.15, 0.2) is 28.1 Å². The second-order valence-corrected chi connectivity index (χ2v) is 4.43. The van der Waals surface area contributed by atoms with E-state index < -0.39 is 0 Å². The molecular formula is C10H12BrN5O. The van der Waals surface area contributed by atoms with Gasteiger partial charge in [-0.15, -0.1) is 0 Å². The average molecular weight is 298 g/mol. The molecule has 0 radical (unpaired) electrons. The van der Waals surface area contributed by atoms with Crippen molar-refractivity contribution in [2.75, 3.05) is 0 Å². The summed E-state index contributed by atoms with van der Waals surface area (Å²) >= 11 is 3.16. The van der Waals surface area contributed by atoms with E-state index in [0.29, 0.717) is 11.0 Å². The van der Waals surface area contributed by atoms with Gasteiger partial charge in [0.2, 0.25) is 0 Å². The molecule has 0 saturated carbocycles. The van der Waals surface area contributed by atoms with Crippen LogP contribution in [-0.2, 0) is 13.1 Å². The van der Waals surface area contributed by atoms with E-state index in [1.807, 2.05) is 0 Å². The fourth-order valence-electron chi connectivity index (χ4n) is 1.50. The number of nitrogens with zero attached hydrogens (tertiary/aromatic N) is 5. The van der Waals surface area contributed by atoms with Crippen molar-refractivity contribution in [3.8, 4) is 0 Å². The fourth-order valence-corrected chi connectivity index (χ4v) is 1.84. The average Bonchev–Trinajstić information content (AvgIpc) is 2.73. The van der Waals surface area contributed by atoms with Crippen LogP contribution < -0.4 is 5.56 Å². The summed E-state index contributed by atoms with van der Waals surface area (Å²) in [5.41, 5.74) is -0.119. The first-order chi connectivity index (χ1) is 8.22. The van der Waals surface area contributed by atoms with E-state index in [0.717, 1.165) is 18.8 Å². The number of aromatic nitrogens is 5. The summed E-state index contributed by atoms with van der Waals surface area (Å²) in [5.74, 6) is 0.758. The first-order valence-corrected chi connectivity index (χ1v) is 6.08. The van der Waals surface area contributed by atoms with Crippen molar-refractivity contribution in [3.63, 3.8) is 0 Å². The van der Waals surface area contributed by atoms with E-state index in [1.165, 1.54) is 23.4 Å². The minimum Gasteiger partial charge on any atom is -0.291 e. The van der Waals surface area contributed by atoms with Crippen molar-refractivity contribution in [1.29, 1.82) is 0 Å². The van der Waals surface area contributed by atoms with Gasteiger partial charge in [-0.05, 0) is 22.4 Å². The molecule has 0 bridgehead atoms. The highest BCUT2D eigenvalue weighted by Crippen LogP contribution is 2.01. The molecule has 7 heteroatoms. The van der Waals surface area contributed by atoms with E-state index in [1.54, 1.807) is 4.68 Å². The number of hydrogen-bond donors (Lipinski definition) is 0. The molecule has 0 aliphatic heterocycles. The van der Waals surface area contributed by atoms with Crippen molar-refractivity contribution in [2.24, 2.45) is 0 Å². The molecule has 0 saturated heterocycles. The highest BCUT2D eigenvalue weighted by atomic mass is 79.9. The zero-order chi connectivity index (χ0) is 12.3. The van der Waals surface area contributed by atoms with E-state index in [4.69, 9.17) is 0 Å². The Kier molecular flexibility index (Phi) is 3.68. The van der Waals surface area contributed by atoms with Crippen molar-refractivity contribution < 1.29 is 0 Å². The molecular weight excluding hydrogens is 286 g/mol. The maximum Gasteiger partial charge on any atom is 0.268 e. The SMILES string of the molecule is CCCn1ncnc1Cn1cncc(Br)c1=O. The molecule has 6 nitrogen and oxygen atoms in total. The maximum atomic E-state index is 11.8. The second kappa shape index (κ2) is 5.22. The molecule has 0 unspecified atom stereocenters. The van der Waals surface area contributed by atoms with E-state index in [2.05, 4.69) is 37.9 Å². The van der Waals surface area contributed by atoms with Gasteiger partial charge in [0.1, 0.15) is 16.6 Å². The molecule has 0 atom stereocenters. The Labute approximate surface area is 106 Å². The standard InChI is InChI=1S/C10H12BrN5O/c1-2-3-16-9(13-6-14-16)5-15-7-12-4-8(11)10(15)17/h4,6-7H,2-3,5H2,1H3. The van der Waals surface area contributed by atoms with Crippen LogP contribution in [0, 0.1) is 0 Å². The summed E-state index contributed by atoms with van der Waals surface area (Å²) in [6, 6.07) is 0. The quantitative estimate of drug-likeness (QED) is 0.846. The highest BCUT2D eigenvalue weighted by molar-refractivity contribution is 9.10. The van der Waals surface area contributed by atoms with Crippen LogP contribution in [0.1, 0.15) is 19.2 Å². The van der Waals surface area contributed by atoms with Crippen LogP contribution in [0.5, 0.6) is 0 Å². The molecule has 0 N–H and O–H groups in total. The summed E-state index contributed by atoms with van der Waals surface area (Å²) in [4.78, 5) is 19.9. The van der Waals surface area contributed by atoms with Gasteiger partial charge in [0.15, 0.2) is 0 Å². The van der Waals surface area contributed by atoms with Crippen LogP contribution in [0.4, 0.5) is 0 Å². The maximum absolute atomic E-state index is 11.8. The molecule has 0 fully saturated rings. The first kappa shape index (κ1) is 12.0. The lowest BCUT2D eigenvalue weighted by atomic mass is 10.4. The van der Waals surface area contributed by atoms with E-state index >= 15 is 0 Å². The van der Waals surface area contributed by atoms with E-state index in [9.17, 15) is 4.79 Å². The predicted molar refractivity (Wildman–Crippen MR) is 65.6 cm³/mol. The van der Waals surface area contributed by atoms with Gasteiger partial charge in [-0.25, -0.2) is 14.6 Å². The molecule has 0 amide bonds. The van der Waals surface area contributed by atoms with Gasteiger partial charge >= 0.3 is 0 Å². The van der Waals surface area contributed by atoms with Gasteiger partial charge in [0.25, 0.3) is 5.56 Å². The van der Waals surface area contributed by atoms with Gasteiger partial charge < -0.3 is 0 Å². The molecule has 0 aliphatic rings. The third-order valence-corrected chi connectivity index (χ3v) is 2.85. The summed E-state index contributed by atoms with van der Waals surface area (Å²) in [6.07, 6.45) is 5.46. The van der Waals surface area contributed by atoms with Crippen molar-refractivity contribution in [1.82, 2.24) is 24.3 Å². The largest absolute Gasteiger partial charge is 0.291 e. The molecule has 17 heavy (non-hydrogen) atoms. The predicted octanol–water partition coefficient (Wildman–Crippen LogP) is 1.06. The third-order valence-electron chi connectivity index (χ3n) is 2.30. The van der Waals surface area contributed by atoms with Crippen molar-refractivity contribution in [2.45, 2.75) is 26.4 Å². The Bertz CT molecular complexity index is 562. The van der Waals surface area contributed by atoms with Crippen LogP contribution >= 0.6 is 15.9 Å². The summed E-state index contributed by atoms with van der Waals surface area (Å²) in [6.45, 7) is 3.25. The van der Waals surface area contributed by atoms with Crippen LogP contribution in [0.25, 0.3) is 0 Å². The lowest BCUT2D eigenvalue weighted by Crippen LogP contribution is -2.23. The highest BCUT2D eigenvalue weighted by Gasteiger charge is 2.07. The van der Waals surface area contributed by atoms with Gasteiger partial charge in [-0.1, -0.05) is 6.92 Å². The lowest BCUT2D eigenvalue weighted by Gasteiger charge is -2.06. The molecule has 0 spiro atoms. The Hall–Kier alpha value is -1.50. The van der Waals surface area contributed by atoms with Crippen LogP contribution in [0.2, 0.25) is 0 Å². The Morgan fingerprint density at radius 3 is 3.06 bits per heavy atom. The summed E-state index contributed by atoms with van der Waals surface area (Å²) < 4.78 is 3.75. The Balaban J connectivity index is 2.28. The van der Waals surface area contributed by atoms with Crippen LogP contribution in [-0.4, -0.2) is 24.3 Å². The molecule has 2 aromatic heterocycles. The molecule has 2 rings (SSSR count). The third kappa shape index (κ3) is 2.60. The first-order valence-electron chi connectivity index (χ1n) is 5.29. The Morgan fingerprint density at radius 2 is 2.29 bits per heavy atom. The minimum absolute atomic E-state index is 0.119. The zero-order valence-electron chi connectivity index (χ0n) is 9.38. The fraction of sp³-hybridized carbons (Fsp3) is 0.400. The van der Waals surface area contributed by atoms with Crippen molar-refractivity contribution >= 4 is 15.9 Å².